The lowest BCUT2D eigenvalue weighted by atomic mass is 10.00. The molecule has 0 aromatic heterocycles. The van der Waals surface area contributed by atoms with E-state index in [1.165, 1.54) is 12.8 Å². The Labute approximate surface area is 137 Å². The molecule has 0 amide bonds. The van der Waals surface area contributed by atoms with Gasteiger partial charge in [0.2, 0.25) is 0 Å². The Bertz CT molecular complexity index is 420. The van der Waals surface area contributed by atoms with Gasteiger partial charge in [0.15, 0.2) is 0 Å². The van der Waals surface area contributed by atoms with Crippen molar-refractivity contribution in [3.8, 4) is 0 Å². The molecule has 0 heterocycles. The summed E-state index contributed by atoms with van der Waals surface area (Å²) in [5.41, 5.74) is 9.97. The molecule has 0 radical (unpaired) electrons. The minimum atomic E-state index is -0.889. The van der Waals surface area contributed by atoms with E-state index in [0.29, 0.717) is 12.8 Å². The first-order valence-electron chi connectivity index (χ1n) is 8.88. The highest BCUT2D eigenvalue weighted by molar-refractivity contribution is 5.81. The van der Waals surface area contributed by atoms with Gasteiger partial charge in [0.25, 0.3) is 0 Å². The first kappa shape index (κ1) is 18.2. The van der Waals surface area contributed by atoms with Crippen LogP contribution in [0.25, 0.3) is 0 Å². The molecule has 6 nitrogen and oxygen atoms in total. The van der Waals surface area contributed by atoms with Crippen molar-refractivity contribution in [2.75, 3.05) is 0 Å². The van der Waals surface area contributed by atoms with E-state index in [1.807, 2.05) is 0 Å². The number of nitrogens with two attached hydrogens (primary N) is 2. The summed E-state index contributed by atoms with van der Waals surface area (Å²) in [5, 5.41) is 8.55. The van der Waals surface area contributed by atoms with E-state index in [2.05, 4.69) is 0 Å². The lowest BCUT2D eigenvalue weighted by Gasteiger charge is -2.23. The third-order valence-corrected chi connectivity index (χ3v) is 5.40. The molecule has 5 N–H and O–H groups in total. The highest BCUT2D eigenvalue weighted by Crippen LogP contribution is 2.30. The smallest absolute Gasteiger partial charge is 0.326 e. The van der Waals surface area contributed by atoms with Gasteiger partial charge < -0.3 is 21.3 Å². The summed E-state index contributed by atoms with van der Waals surface area (Å²) in [6.45, 7) is 0. The van der Waals surface area contributed by atoms with E-state index in [1.54, 1.807) is 0 Å². The molecule has 23 heavy (non-hydrogen) atoms. The van der Waals surface area contributed by atoms with Gasteiger partial charge in [0.1, 0.15) is 17.2 Å². The van der Waals surface area contributed by atoms with E-state index in [4.69, 9.17) is 21.3 Å². The summed E-state index contributed by atoms with van der Waals surface area (Å²) in [7, 11) is 0. The minimum absolute atomic E-state index is 0.151. The second kappa shape index (κ2) is 7.62. The van der Waals surface area contributed by atoms with Crippen LogP contribution < -0.4 is 11.5 Å². The number of esters is 1. The molecule has 3 aliphatic rings. The Kier molecular flexibility index (Phi) is 6.03. The fourth-order valence-corrected chi connectivity index (χ4v) is 3.70. The standard InChI is InChI=1S/C11H19NO2.C6H11NO2/c12-11(7-3-4-8-11)10(13)14-9-5-1-2-6-9;7-6(5(8)9)3-1-2-4-6/h9H,1-8,12H2;1-4,7H2,(H,8,9). The molecule has 0 aromatic rings. The Morgan fingerprint density at radius 3 is 1.65 bits per heavy atom. The highest BCUT2D eigenvalue weighted by Gasteiger charge is 2.40. The van der Waals surface area contributed by atoms with Crippen LogP contribution in [0.3, 0.4) is 0 Å². The largest absolute Gasteiger partial charge is 0.480 e. The van der Waals surface area contributed by atoms with E-state index in [-0.39, 0.29) is 12.1 Å². The van der Waals surface area contributed by atoms with Crippen LogP contribution in [0.15, 0.2) is 0 Å². The van der Waals surface area contributed by atoms with Gasteiger partial charge in [-0.2, -0.15) is 0 Å². The van der Waals surface area contributed by atoms with Gasteiger partial charge in [-0.05, 0) is 51.4 Å². The predicted octanol–water partition coefficient (Wildman–Crippen LogP) is 2.09. The summed E-state index contributed by atoms with van der Waals surface area (Å²) in [6, 6.07) is 0. The number of carbonyl (C=O) groups is 2. The van der Waals surface area contributed by atoms with Gasteiger partial charge in [-0.3, -0.25) is 9.59 Å². The Morgan fingerprint density at radius 2 is 1.26 bits per heavy atom. The molecule has 0 aliphatic heterocycles. The molecule has 0 bridgehead atoms. The fraction of sp³-hybridized carbons (Fsp3) is 0.882. The SMILES string of the molecule is NC1(C(=O)O)CCCC1.NC1(C(=O)OC2CCCC2)CCCC1. The Morgan fingerprint density at radius 1 is 0.826 bits per heavy atom. The first-order valence-corrected chi connectivity index (χ1v) is 8.88. The van der Waals surface area contributed by atoms with Crippen LogP contribution in [0.2, 0.25) is 0 Å². The molecule has 132 valence electrons. The summed E-state index contributed by atoms with van der Waals surface area (Å²) in [6.07, 6.45) is 11.5. The van der Waals surface area contributed by atoms with Gasteiger partial charge in [-0.25, -0.2) is 0 Å². The third-order valence-electron chi connectivity index (χ3n) is 5.40. The predicted molar refractivity (Wildman–Crippen MR) is 86.8 cm³/mol. The molecular weight excluding hydrogens is 296 g/mol. The molecular formula is C17H30N2O4. The van der Waals surface area contributed by atoms with Crippen molar-refractivity contribution in [1.82, 2.24) is 0 Å². The highest BCUT2D eigenvalue weighted by atomic mass is 16.5. The molecule has 0 saturated heterocycles. The second-order valence-electron chi connectivity index (χ2n) is 7.34. The zero-order chi connectivity index (χ0) is 16.9. The number of carbonyl (C=O) groups excluding carboxylic acids is 1. The summed E-state index contributed by atoms with van der Waals surface area (Å²) in [5.74, 6) is -0.998. The fourth-order valence-electron chi connectivity index (χ4n) is 3.70. The molecule has 3 aliphatic carbocycles. The maximum atomic E-state index is 11.8. The number of aliphatic carboxylic acids is 1. The van der Waals surface area contributed by atoms with E-state index in [9.17, 15) is 9.59 Å². The zero-order valence-corrected chi connectivity index (χ0v) is 13.9. The first-order chi connectivity index (χ1) is 10.9. The van der Waals surface area contributed by atoms with E-state index in [0.717, 1.165) is 51.4 Å². The lowest BCUT2D eigenvalue weighted by Crippen LogP contribution is -2.47. The molecule has 3 rings (SSSR count). The van der Waals surface area contributed by atoms with Gasteiger partial charge in [0.05, 0.1) is 0 Å². The molecule has 6 heteroatoms. The van der Waals surface area contributed by atoms with E-state index < -0.39 is 17.0 Å². The van der Waals surface area contributed by atoms with Crippen molar-refractivity contribution < 1.29 is 19.4 Å². The average Bonchev–Trinajstić information content (AvgIpc) is 3.23. The maximum absolute atomic E-state index is 11.8. The number of ether oxygens (including phenoxy) is 1. The van der Waals surface area contributed by atoms with Crippen molar-refractivity contribution >= 4 is 11.9 Å². The molecule has 3 saturated carbocycles. The summed E-state index contributed by atoms with van der Waals surface area (Å²) in [4.78, 5) is 22.2. The normalized spacial score (nSPS) is 25.7. The van der Waals surface area contributed by atoms with Gasteiger partial charge >= 0.3 is 11.9 Å². The molecule has 3 fully saturated rings. The number of hydrogen-bond acceptors (Lipinski definition) is 5. The average molecular weight is 326 g/mol. The summed E-state index contributed by atoms with van der Waals surface area (Å²) >= 11 is 0. The maximum Gasteiger partial charge on any atom is 0.326 e. The monoisotopic (exact) mass is 326 g/mol. The lowest BCUT2D eigenvalue weighted by molar-refractivity contribution is -0.155. The number of carboxylic acid groups (broad SMARTS) is 1. The Hall–Kier alpha value is -1.14. The van der Waals surface area contributed by atoms with Crippen molar-refractivity contribution in [2.45, 2.75) is 94.2 Å². The minimum Gasteiger partial charge on any atom is -0.480 e. The van der Waals surface area contributed by atoms with E-state index >= 15 is 0 Å². The third kappa shape index (κ3) is 4.67. The van der Waals surface area contributed by atoms with Gasteiger partial charge in [-0.1, -0.05) is 25.7 Å². The van der Waals surface area contributed by atoms with Crippen LogP contribution >= 0.6 is 0 Å². The quantitative estimate of drug-likeness (QED) is 0.684. The zero-order valence-electron chi connectivity index (χ0n) is 13.9. The topological polar surface area (TPSA) is 116 Å². The van der Waals surface area contributed by atoms with Crippen molar-refractivity contribution in [1.29, 1.82) is 0 Å². The number of carboxylic acids is 1. The van der Waals surface area contributed by atoms with Crippen LogP contribution in [0.4, 0.5) is 0 Å². The van der Waals surface area contributed by atoms with Crippen LogP contribution in [0.1, 0.15) is 77.0 Å². The van der Waals surface area contributed by atoms with Crippen LogP contribution in [0, 0.1) is 0 Å². The second-order valence-corrected chi connectivity index (χ2v) is 7.34. The molecule has 0 spiro atoms. The number of rotatable bonds is 3. The number of hydrogen-bond donors (Lipinski definition) is 3. The Balaban J connectivity index is 0.000000185. The van der Waals surface area contributed by atoms with Crippen LogP contribution in [-0.2, 0) is 14.3 Å². The van der Waals surface area contributed by atoms with Gasteiger partial charge in [0, 0.05) is 0 Å². The van der Waals surface area contributed by atoms with Crippen molar-refractivity contribution in [3.63, 3.8) is 0 Å². The molecule has 0 aromatic carbocycles. The summed E-state index contributed by atoms with van der Waals surface area (Å²) < 4.78 is 5.43. The van der Waals surface area contributed by atoms with Crippen molar-refractivity contribution in [3.05, 3.63) is 0 Å². The van der Waals surface area contributed by atoms with Crippen LogP contribution in [-0.4, -0.2) is 34.2 Å². The molecule has 0 unspecified atom stereocenters. The van der Waals surface area contributed by atoms with Crippen molar-refractivity contribution in [2.24, 2.45) is 11.5 Å². The van der Waals surface area contributed by atoms with Gasteiger partial charge in [-0.15, -0.1) is 0 Å². The van der Waals surface area contributed by atoms with Crippen LogP contribution in [0.5, 0.6) is 0 Å². The molecule has 0 atom stereocenters.